The van der Waals surface area contributed by atoms with Gasteiger partial charge in [0.05, 0.1) is 0 Å². The summed E-state index contributed by atoms with van der Waals surface area (Å²) in [6, 6.07) is 10.4. The van der Waals surface area contributed by atoms with Crippen LogP contribution < -0.4 is 5.32 Å². The molecule has 1 aromatic rings. The molecule has 0 aromatic heterocycles. The van der Waals surface area contributed by atoms with E-state index in [-0.39, 0.29) is 0 Å². The molecular formula is C17H25N. The molecule has 0 bridgehead atoms. The van der Waals surface area contributed by atoms with Gasteiger partial charge in [-0.3, -0.25) is 0 Å². The van der Waals surface area contributed by atoms with E-state index in [1.807, 2.05) is 0 Å². The summed E-state index contributed by atoms with van der Waals surface area (Å²) in [6.07, 6.45) is 9.69. The van der Waals surface area contributed by atoms with Crippen molar-refractivity contribution >= 4 is 0 Å². The summed E-state index contributed by atoms with van der Waals surface area (Å²) < 4.78 is 0. The van der Waals surface area contributed by atoms with Crippen LogP contribution in [0.3, 0.4) is 0 Å². The number of rotatable bonds is 2. The molecule has 0 heterocycles. The van der Waals surface area contributed by atoms with Crippen molar-refractivity contribution in [3.63, 3.8) is 0 Å². The topological polar surface area (TPSA) is 12.0 Å². The molecule has 1 saturated carbocycles. The minimum Gasteiger partial charge on any atom is -0.307 e. The van der Waals surface area contributed by atoms with Crippen molar-refractivity contribution in [2.75, 3.05) is 0 Å². The zero-order valence-corrected chi connectivity index (χ0v) is 11.5. The van der Waals surface area contributed by atoms with E-state index in [0.29, 0.717) is 6.04 Å². The highest BCUT2D eigenvalue weighted by Gasteiger charge is 2.26. The molecule has 2 unspecified atom stereocenters. The molecule has 1 nitrogen and oxygen atoms in total. The van der Waals surface area contributed by atoms with Gasteiger partial charge in [0.2, 0.25) is 0 Å². The molecule has 1 aromatic carbocycles. The van der Waals surface area contributed by atoms with Crippen LogP contribution in [-0.2, 0) is 0 Å². The van der Waals surface area contributed by atoms with Crippen LogP contribution in [0.5, 0.6) is 0 Å². The predicted molar refractivity (Wildman–Crippen MR) is 76.8 cm³/mol. The summed E-state index contributed by atoms with van der Waals surface area (Å²) in [5.74, 6) is 0.741. The Morgan fingerprint density at radius 1 is 0.889 bits per heavy atom. The lowest BCUT2D eigenvalue weighted by Gasteiger charge is -2.34. The van der Waals surface area contributed by atoms with Crippen LogP contribution in [0.4, 0.5) is 0 Å². The first-order chi connectivity index (χ1) is 8.84. The third-order valence-corrected chi connectivity index (χ3v) is 4.83. The van der Waals surface area contributed by atoms with E-state index < -0.39 is 0 Å². The number of fused-ring (bicyclic) bond motifs is 1. The number of benzene rings is 1. The van der Waals surface area contributed by atoms with E-state index >= 15 is 0 Å². The summed E-state index contributed by atoms with van der Waals surface area (Å²) in [5, 5.41) is 3.93. The van der Waals surface area contributed by atoms with E-state index in [0.717, 1.165) is 12.0 Å². The van der Waals surface area contributed by atoms with Gasteiger partial charge in [0.15, 0.2) is 0 Å². The van der Waals surface area contributed by atoms with Crippen molar-refractivity contribution in [3.05, 3.63) is 35.4 Å². The van der Waals surface area contributed by atoms with Gasteiger partial charge in [0, 0.05) is 12.1 Å². The predicted octanol–water partition coefficient (Wildman–Crippen LogP) is 4.55. The molecule has 1 fully saturated rings. The van der Waals surface area contributed by atoms with Crippen molar-refractivity contribution in [1.82, 2.24) is 5.32 Å². The largest absolute Gasteiger partial charge is 0.307 e. The molecule has 0 amide bonds. The maximum absolute atomic E-state index is 3.93. The summed E-state index contributed by atoms with van der Waals surface area (Å²) in [4.78, 5) is 0. The molecule has 0 aliphatic heterocycles. The highest BCUT2D eigenvalue weighted by molar-refractivity contribution is 5.35. The molecule has 98 valence electrons. The fourth-order valence-electron chi connectivity index (χ4n) is 3.73. The molecule has 0 spiro atoms. The molecule has 0 saturated heterocycles. The van der Waals surface area contributed by atoms with Gasteiger partial charge in [0.25, 0.3) is 0 Å². The van der Waals surface area contributed by atoms with Crippen LogP contribution in [0.15, 0.2) is 24.3 Å². The summed E-state index contributed by atoms with van der Waals surface area (Å²) >= 11 is 0. The lowest BCUT2D eigenvalue weighted by molar-refractivity contribution is 0.315. The quantitative estimate of drug-likeness (QED) is 0.803. The van der Waals surface area contributed by atoms with Crippen molar-refractivity contribution in [2.45, 2.75) is 69.9 Å². The second kappa shape index (κ2) is 5.44. The first-order valence-corrected chi connectivity index (χ1v) is 7.69. The van der Waals surface area contributed by atoms with Gasteiger partial charge in [-0.2, -0.15) is 0 Å². The zero-order valence-electron chi connectivity index (χ0n) is 11.5. The SMILES string of the molecule is CC1CCC(NC2CCCCC2)c2ccccc21. The first-order valence-electron chi connectivity index (χ1n) is 7.69. The second-order valence-electron chi connectivity index (χ2n) is 6.16. The molecule has 1 heteroatoms. The summed E-state index contributed by atoms with van der Waals surface area (Å²) in [6.45, 7) is 2.37. The first kappa shape index (κ1) is 12.2. The Balaban J connectivity index is 1.75. The number of hydrogen-bond acceptors (Lipinski definition) is 1. The van der Waals surface area contributed by atoms with Crippen LogP contribution in [0.25, 0.3) is 0 Å². The Hall–Kier alpha value is -0.820. The van der Waals surface area contributed by atoms with Crippen molar-refractivity contribution < 1.29 is 0 Å². The van der Waals surface area contributed by atoms with Gasteiger partial charge in [0.1, 0.15) is 0 Å². The monoisotopic (exact) mass is 243 g/mol. The summed E-state index contributed by atoms with van der Waals surface area (Å²) in [5.41, 5.74) is 3.15. The van der Waals surface area contributed by atoms with E-state index in [2.05, 4.69) is 36.5 Å². The molecule has 18 heavy (non-hydrogen) atoms. The lowest BCUT2D eigenvalue weighted by atomic mass is 9.80. The standard InChI is InChI=1S/C17H25N/c1-13-11-12-17(16-10-6-5-9-15(13)16)18-14-7-3-2-4-8-14/h5-6,9-10,13-14,17-18H,2-4,7-8,11-12H2,1H3. The molecule has 0 radical (unpaired) electrons. The van der Waals surface area contributed by atoms with E-state index in [9.17, 15) is 0 Å². The molecule has 3 rings (SSSR count). The van der Waals surface area contributed by atoms with Gasteiger partial charge in [-0.05, 0) is 42.7 Å². The van der Waals surface area contributed by atoms with Crippen LogP contribution in [0.2, 0.25) is 0 Å². The van der Waals surface area contributed by atoms with E-state index in [1.54, 1.807) is 11.1 Å². The van der Waals surface area contributed by atoms with Crippen LogP contribution in [0, 0.1) is 0 Å². The van der Waals surface area contributed by atoms with E-state index in [1.165, 1.54) is 44.9 Å². The number of nitrogens with one attached hydrogen (secondary N) is 1. The maximum atomic E-state index is 3.93. The Kier molecular flexibility index (Phi) is 3.69. The maximum Gasteiger partial charge on any atom is 0.0325 e. The number of hydrogen-bond donors (Lipinski definition) is 1. The smallest absolute Gasteiger partial charge is 0.0325 e. The van der Waals surface area contributed by atoms with Gasteiger partial charge in [-0.1, -0.05) is 50.5 Å². The van der Waals surface area contributed by atoms with Crippen molar-refractivity contribution in [2.24, 2.45) is 0 Å². The normalized spacial score (nSPS) is 28.9. The second-order valence-corrected chi connectivity index (χ2v) is 6.16. The lowest BCUT2D eigenvalue weighted by Crippen LogP contribution is -2.36. The fourth-order valence-corrected chi connectivity index (χ4v) is 3.73. The average molecular weight is 243 g/mol. The highest BCUT2D eigenvalue weighted by Crippen LogP contribution is 2.37. The Labute approximate surface area is 111 Å². The van der Waals surface area contributed by atoms with Gasteiger partial charge in [-0.25, -0.2) is 0 Å². The van der Waals surface area contributed by atoms with Crippen LogP contribution >= 0.6 is 0 Å². The minimum atomic E-state index is 0.612. The van der Waals surface area contributed by atoms with Crippen molar-refractivity contribution in [1.29, 1.82) is 0 Å². The minimum absolute atomic E-state index is 0.612. The summed E-state index contributed by atoms with van der Waals surface area (Å²) in [7, 11) is 0. The van der Waals surface area contributed by atoms with Gasteiger partial charge in [-0.15, -0.1) is 0 Å². The molecule has 1 N–H and O–H groups in total. The Bertz CT molecular complexity index is 392. The Morgan fingerprint density at radius 3 is 2.39 bits per heavy atom. The van der Waals surface area contributed by atoms with E-state index in [4.69, 9.17) is 0 Å². The molecule has 2 aliphatic carbocycles. The average Bonchev–Trinajstić information content (AvgIpc) is 2.44. The third-order valence-electron chi connectivity index (χ3n) is 4.83. The third kappa shape index (κ3) is 2.47. The van der Waals surface area contributed by atoms with Crippen LogP contribution in [0.1, 0.15) is 75.0 Å². The van der Waals surface area contributed by atoms with Crippen LogP contribution in [-0.4, -0.2) is 6.04 Å². The molecule has 2 aliphatic rings. The fraction of sp³-hybridized carbons (Fsp3) is 0.647. The molecular weight excluding hydrogens is 218 g/mol. The van der Waals surface area contributed by atoms with Gasteiger partial charge >= 0.3 is 0 Å². The highest BCUT2D eigenvalue weighted by atomic mass is 15.0. The van der Waals surface area contributed by atoms with Crippen molar-refractivity contribution in [3.8, 4) is 0 Å². The van der Waals surface area contributed by atoms with Gasteiger partial charge < -0.3 is 5.32 Å². The molecule has 2 atom stereocenters. The zero-order chi connectivity index (χ0) is 12.4. The Morgan fingerprint density at radius 2 is 1.61 bits per heavy atom.